The summed E-state index contributed by atoms with van der Waals surface area (Å²) in [5, 5.41) is 13.9. The van der Waals surface area contributed by atoms with Crippen LogP contribution >= 0.6 is 23.2 Å². The van der Waals surface area contributed by atoms with Crippen LogP contribution in [0.2, 0.25) is 10.0 Å². The minimum Gasteiger partial charge on any atom is -0.488 e. The van der Waals surface area contributed by atoms with Crippen LogP contribution in [0.15, 0.2) is 18.2 Å². The Balaban J connectivity index is 2.18. The van der Waals surface area contributed by atoms with Gasteiger partial charge in [0.15, 0.2) is 5.75 Å². The SMILES string of the molecule is CCCCCCNCC(O)COc1c(Cl)cccc1Cl. The predicted octanol–water partition coefficient (Wildman–Crippen LogP) is 3.90. The highest BCUT2D eigenvalue weighted by Crippen LogP contribution is 2.32. The number of rotatable bonds is 10. The Labute approximate surface area is 131 Å². The van der Waals surface area contributed by atoms with E-state index in [1.807, 2.05) is 0 Å². The Bertz CT molecular complexity index is 368. The van der Waals surface area contributed by atoms with Crippen molar-refractivity contribution in [1.29, 1.82) is 0 Å². The number of aliphatic hydroxyl groups excluding tert-OH is 1. The van der Waals surface area contributed by atoms with Crippen molar-refractivity contribution in [2.45, 2.75) is 38.7 Å². The molecule has 1 aromatic rings. The van der Waals surface area contributed by atoms with Crippen LogP contribution in [0.5, 0.6) is 5.75 Å². The van der Waals surface area contributed by atoms with E-state index in [9.17, 15) is 5.11 Å². The van der Waals surface area contributed by atoms with E-state index in [0.717, 1.165) is 13.0 Å². The molecular formula is C15H23Cl2NO2. The molecule has 0 fully saturated rings. The van der Waals surface area contributed by atoms with E-state index in [0.29, 0.717) is 22.3 Å². The summed E-state index contributed by atoms with van der Waals surface area (Å²) in [4.78, 5) is 0. The van der Waals surface area contributed by atoms with Crippen molar-refractivity contribution in [3.05, 3.63) is 28.2 Å². The van der Waals surface area contributed by atoms with Gasteiger partial charge < -0.3 is 15.2 Å². The fraction of sp³-hybridized carbons (Fsp3) is 0.600. The number of hydrogen-bond donors (Lipinski definition) is 2. The molecule has 0 radical (unpaired) electrons. The number of halogens is 2. The normalized spacial score (nSPS) is 12.4. The Morgan fingerprint density at radius 1 is 1.20 bits per heavy atom. The summed E-state index contributed by atoms with van der Waals surface area (Å²) in [6.07, 6.45) is 4.28. The van der Waals surface area contributed by atoms with Gasteiger partial charge in [-0.25, -0.2) is 0 Å². The molecule has 0 saturated heterocycles. The lowest BCUT2D eigenvalue weighted by molar-refractivity contribution is 0.106. The van der Waals surface area contributed by atoms with Gasteiger partial charge in [0.05, 0.1) is 10.0 Å². The van der Waals surface area contributed by atoms with Crippen molar-refractivity contribution < 1.29 is 9.84 Å². The molecule has 1 atom stereocenters. The summed E-state index contributed by atoms with van der Waals surface area (Å²) in [5.41, 5.74) is 0. The van der Waals surface area contributed by atoms with Gasteiger partial charge in [0.1, 0.15) is 12.7 Å². The number of aliphatic hydroxyl groups is 1. The second-order valence-corrected chi connectivity index (χ2v) is 5.59. The third kappa shape index (κ3) is 6.80. The Morgan fingerprint density at radius 3 is 2.55 bits per heavy atom. The van der Waals surface area contributed by atoms with Crippen molar-refractivity contribution in [3.63, 3.8) is 0 Å². The largest absolute Gasteiger partial charge is 0.488 e. The molecule has 1 unspecified atom stereocenters. The van der Waals surface area contributed by atoms with E-state index in [1.165, 1.54) is 19.3 Å². The Morgan fingerprint density at radius 2 is 1.90 bits per heavy atom. The van der Waals surface area contributed by atoms with Crippen LogP contribution in [0.4, 0.5) is 0 Å². The molecule has 5 heteroatoms. The first kappa shape index (κ1) is 17.6. The zero-order valence-corrected chi connectivity index (χ0v) is 13.4. The van der Waals surface area contributed by atoms with E-state index < -0.39 is 6.10 Å². The first-order valence-corrected chi connectivity index (χ1v) is 7.86. The Hall–Kier alpha value is -0.480. The third-order valence-electron chi connectivity index (χ3n) is 2.93. The summed E-state index contributed by atoms with van der Waals surface area (Å²) in [7, 11) is 0. The molecule has 0 heterocycles. The minimum absolute atomic E-state index is 0.172. The van der Waals surface area contributed by atoms with Crippen LogP contribution in [0.3, 0.4) is 0 Å². The van der Waals surface area contributed by atoms with Crippen LogP contribution in [-0.4, -0.2) is 30.9 Å². The van der Waals surface area contributed by atoms with Crippen LogP contribution < -0.4 is 10.1 Å². The van der Waals surface area contributed by atoms with E-state index in [-0.39, 0.29) is 6.61 Å². The molecule has 3 nitrogen and oxygen atoms in total. The summed E-state index contributed by atoms with van der Waals surface area (Å²) >= 11 is 12.0. The number of nitrogens with one attached hydrogen (secondary N) is 1. The third-order valence-corrected chi connectivity index (χ3v) is 3.52. The summed E-state index contributed by atoms with van der Waals surface area (Å²) in [6, 6.07) is 5.17. The summed E-state index contributed by atoms with van der Waals surface area (Å²) in [6.45, 7) is 3.79. The number of para-hydroxylation sites is 1. The van der Waals surface area contributed by atoms with Crippen molar-refractivity contribution >= 4 is 23.2 Å². The first-order chi connectivity index (χ1) is 9.65. The maximum Gasteiger partial charge on any atom is 0.156 e. The average Bonchev–Trinajstić information content (AvgIpc) is 2.42. The van der Waals surface area contributed by atoms with E-state index in [2.05, 4.69) is 12.2 Å². The lowest BCUT2D eigenvalue weighted by Crippen LogP contribution is -2.32. The van der Waals surface area contributed by atoms with Gasteiger partial charge in [-0.05, 0) is 25.1 Å². The van der Waals surface area contributed by atoms with Crippen LogP contribution in [0, 0.1) is 0 Å². The molecule has 1 rings (SSSR count). The van der Waals surface area contributed by atoms with Gasteiger partial charge in [-0.2, -0.15) is 0 Å². The molecule has 0 aromatic heterocycles. The molecule has 0 aliphatic heterocycles. The molecule has 20 heavy (non-hydrogen) atoms. The molecule has 0 bridgehead atoms. The fourth-order valence-electron chi connectivity index (χ4n) is 1.80. The fourth-order valence-corrected chi connectivity index (χ4v) is 2.31. The highest BCUT2D eigenvalue weighted by Gasteiger charge is 2.10. The standard InChI is InChI=1S/C15H23Cl2NO2/c1-2-3-4-5-9-18-10-12(19)11-20-15-13(16)7-6-8-14(15)17/h6-8,12,18-19H,2-5,9-11H2,1H3. The average molecular weight is 320 g/mol. The van der Waals surface area contributed by atoms with E-state index >= 15 is 0 Å². The zero-order valence-electron chi connectivity index (χ0n) is 11.9. The second kappa shape index (κ2) is 10.3. The maximum atomic E-state index is 9.82. The van der Waals surface area contributed by atoms with E-state index in [1.54, 1.807) is 18.2 Å². The maximum absolute atomic E-state index is 9.82. The molecule has 0 spiro atoms. The lowest BCUT2D eigenvalue weighted by atomic mass is 10.2. The van der Waals surface area contributed by atoms with Gasteiger partial charge in [0.2, 0.25) is 0 Å². The predicted molar refractivity (Wildman–Crippen MR) is 85.0 cm³/mol. The quantitative estimate of drug-likeness (QED) is 0.642. The molecule has 1 aromatic carbocycles. The van der Waals surface area contributed by atoms with Crippen LogP contribution in [0.25, 0.3) is 0 Å². The van der Waals surface area contributed by atoms with Crippen molar-refractivity contribution in [2.24, 2.45) is 0 Å². The zero-order chi connectivity index (χ0) is 14.8. The molecule has 0 aliphatic rings. The molecule has 2 N–H and O–H groups in total. The summed E-state index contributed by atoms with van der Waals surface area (Å²) < 4.78 is 5.47. The molecule has 0 saturated carbocycles. The van der Waals surface area contributed by atoms with Gasteiger partial charge >= 0.3 is 0 Å². The topological polar surface area (TPSA) is 41.5 Å². The Kier molecular flexibility index (Phi) is 9.03. The van der Waals surface area contributed by atoms with Crippen molar-refractivity contribution in [3.8, 4) is 5.75 Å². The molecule has 114 valence electrons. The van der Waals surface area contributed by atoms with Gasteiger partial charge in [-0.3, -0.25) is 0 Å². The lowest BCUT2D eigenvalue weighted by Gasteiger charge is -2.14. The van der Waals surface area contributed by atoms with Crippen LogP contribution in [0.1, 0.15) is 32.6 Å². The number of hydrogen-bond acceptors (Lipinski definition) is 3. The first-order valence-electron chi connectivity index (χ1n) is 7.10. The summed E-state index contributed by atoms with van der Waals surface area (Å²) in [5.74, 6) is 0.429. The van der Waals surface area contributed by atoms with Crippen LogP contribution in [-0.2, 0) is 0 Å². The molecule has 0 amide bonds. The van der Waals surface area contributed by atoms with Crippen molar-refractivity contribution in [1.82, 2.24) is 5.32 Å². The van der Waals surface area contributed by atoms with Gasteiger partial charge in [-0.1, -0.05) is 55.5 Å². The van der Waals surface area contributed by atoms with Gasteiger partial charge in [-0.15, -0.1) is 0 Å². The highest BCUT2D eigenvalue weighted by molar-refractivity contribution is 6.37. The van der Waals surface area contributed by atoms with Gasteiger partial charge in [0, 0.05) is 6.54 Å². The minimum atomic E-state index is -0.575. The monoisotopic (exact) mass is 319 g/mol. The number of unbranched alkanes of at least 4 members (excludes halogenated alkanes) is 3. The van der Waals surface area contributed by atoms with Crippen molar-refractivity contribution in [2.75, 3.05) is 19.7 Å². The highest BCUT2D eigenvalue weighted by atomic mass is 35.5. The van der Waals surface area contributed by atoms with E-state index in [4.69, 9.17) is 27.9 Å². The van der Waals surface area contributed by atoms with Gasteiger partial charge in [0.25, 0.3) is 0 Å². The molecular weight excluding hydrogens is 297 g/mol. The smallest absolute Gasteiger partial charge is 0.156 e. The molecule has 0 aliphatic carbocycles. The number of ether oxygens (including phenoxy) is 1. The second-order valence-electron chi connectivity index (χ2n) is 4.78. The number of benzene rings is 1.